The highest BCUT2D eigenvalue weighted by atomic mass is 32.2. The maximum absolute atomic E-state index is 10.9. The van der Waals surface area contributed by atoms with E-state index in [-0.39, 0.29) is 6.10 Å². The fourth-order valence-electron chi connectivity index (χ4n) is 1.58. The number of pyridine rings is 1. The predicted molar refractivity (Wildman–Crippen MR) is 60.9 cm³/mol. The molecular weight excluding hydrogens is 228 g/mol. The first-order valence-corrected chi connectivity index (χ1v) is 6.81. The van der Waals surface area contributed by atoms with Gasteiger partial charge in [-0.3, -0.25) is 4.18 Å². The third-order valence-electron chi connectivity index (χ3n) is 2.38. The monoisotopic (exact) mass is 242 g/mol. The zero-order valence-corrected chi connectivity index (χ0v) is 10.1. The fourth-order valence-corrected chi connectivity index (χ4v) is 2.20. The normalized spacial score (nSPS) is 17.2. The first-order valence-electron chi connectivity index (χ1n) is 5.00. The number of hydrogen-bond acceptors (Lipinski definition) is 5. The summed E-state index contributed by atoms with van der Waals surface area (Å²) in [5, 5.41) is 0. The number of aromatic nitrogens is 1. The summed E-state index contributed by atoms with van der Waals surface area (Å²) in [4.78, 5) is 6.23. The van der Waals surface area contributed by atoms with E-state index in [0.29, 0.717) is 13.1 Å². The zero-order valence-electron chi connectivity index (χ0n) is 9.25. The van der Waals surface area contributed by atoms with Gasteiger partial charge in [0.05, 0.1) is 6.26 Å². The van der Waals surface area contributed by atoms with Gasteiger partial charge in [-0.2, -0.15) is 8.42 Å². The van der Waals surface area contributed by atoms with Gasteiger partial charge < -0.3 is 4.90 Å². The molecule has 88 valence electrons. The van der Waals surface area contributed by atoms with Gasteiger partial charge in [0.2, 0.25) is 0 Å². The predicted octanol–water partition coefficient (Wildman–Crippen LogP) is 0.555. The number of nitrogens with zero attached hydrogens (tertiary/aromatic N) is 2. The van der Waals surface area contributed by atoms with Crippen molar-refractivity contribution in [2.75, 3.05) is 24.2 Å². The molecule has 0 N–H and O–H groups in total. The summed E-state index contributed by atoms with van der Waals surface area (Å²) in [6.07, 6.45) is 2.62. The van der Waals surface area contributed by atoms with Crippen LogP contribution in [0.25, 0.3) is 0 Å². The van der Waals surface area contributed by atoms with Gasteiger partial charge in [0.25, 0.3) is 10.1 Å². The number of hydrogen-bond donors (Lipinski definition) is 0. The Balaban J connectivity index is 1.91. The van der Waals surface area contributed by atoms with E-state index in [1.165, 1.54) is 0 Å². The topological polar surface area (TPSA) is 59.5 Å². The summed E-state index contributed by atoms with van der Waals surface area (Å²) in [5.41, 5.74) is 1.10. The summed E-state index contributed by atoms with van der Waals surface area (Å²) in [5.74, 6) is 0.860. The molecule has 0 amide bonds. The van der Waals surface area contributed by atoms with Crippen LogP contribution in [0.15, 0.2) is 18.3 Å². The van der Waals surface area contributed by atoms with Gasteiger partial charge in [0, 0.05) is 19.3 Å². The average molecular weight is 242 g/mol. The molecule has 1 saturated heterocycles. The molecule has 0 bridgehead atoms. The van der Waals surface area contributed by atoms with Crippen molar-refractivity contribution in [3.63, 3.8) is 0 Å². The van der Waals surface area contributed by atoms with Crippen molar-refractivity contribution in [2.45, 2.75) is 13.0 Å². The van der Waals surface area contributed by atoms with Crippen LogP contribution in [0.4, 0.5) is 5.82 Å². The van der Waals surface area contributed by atoms with Crippen molar-refractivity contribution in [3.8, 4) is 0 Å². The highest BCUT2D eigenvalue weighted by molar-refractivity contribution is 7.86. The molecule has 1 aromatic rings. The largest absolute Gasteiger partial charge is 0.351 e. The van der Waals surface area contributed by atoms with Crippen molar-refractivity contribution in [2.24, 2.45) is 0 Å². The first-order chi connectivity index (χ1) is 7.44. The van der Waals surface area contributed by atoms with Gasteiger partial charge in [-0.05, 0) is 18.6 Å². The highest BCUT2D eigenvalue weighted by Gasteiger charge is 2.31. The summed E-state index contributed by atoms with van der Waals surface area (Å²) in [7, 11) is -3.34. The maximum Gasteiger partial charge on any atom is 0.264 e. The number of aryl methyl sites for hydroxylation is 1. The standard InChI is InChI=1S/C10H14N2O3S/c1-8-3-4-10(11-5-8)12-6-9(7-12)15-16(2,13)14/h3-5,9H,6-7H2,1-2H3. The molecule has 0 aromatic carbocycles. The van der Waals surface area contributed by atoms with Crippen molar-refractivity contribution in [3.05, 3.63) is 23.9 Å². The van der Waals surface area contributed by atoms with Crippen molar-refractivity contribution >= 4 is 15.9 Å². The molecule has 6 heteroatoms. The van der Waals surface area contributed by atoms with Gasteiger partial charge in [-0.25, -0.2) is 4.98 Å². The minimum atomic E-state index is -3.34. The molecule has 0 spiro atoms. The van der Waals surface area contributed by atoms with Crippen molar-refractivity contribution < 1.29 is 12.6 Å². The van der Waals surface area contributed by atoms with Crippen LogP contribution in [-0.2, 0) is 14.3 Å². The lowest BCUT2D eigenvalue weighted by atomic mass is 10.1. The number of anilines is 1. The lowest BCUT2D eigenvalue weighted by Crippen LogP contribution is -2.53. The van der Waals surface area contributed by atoms with Gasteiger partial charge >= 0.3 is 0 Å². The van der Waals surface area contributed by atoms with Crippen molar-refractivity contribution in [1.29, 1.82) is 0 Å². The van der Waals surface area contributed by atoms with E-state index in [2.05, 4.69) is 4.98 Å². The molecule has 1 fully saturated rings. The van der Waals surface area contributed by atoms with E-state index in [1.54, 1.807) is 6.20 Å². The van der Waals surface area contributed by atoms with Gasteiger partial charge in [-0.15, -0.1) is 0 Å². The van der Waals surface area contributed by atoms with E-state index >= 15 is 0 Å². The van der Waals surface area contributed by atoms with Gasteiger partial charge in [-0.1, -0.05) is 6.07 Å². The molecule has 0 saturated carbocycles. The molecule has 2 heterocycles. The van der Waals surface area contributed by atoms with Gasteiger partial charge in [0.15, 0.2) is 0 Å². The molecule has 0 radical (unpaired) electrons. The van der Waals surface area contributed by atoms with Crippen LogP contribution in [0, 0.1) is 6.92 Å². The smallest absolute Gasteiger partial charge is 0.264 e. The Morgan fingerprint density at radius 2 is 2.12 bits per heavy atom. The second-order valence-corrected chi connectivity index (χ2v) is 5.62. The molecule has 1 aromatic heterocycles. The van der Waals surface area contributed by atoms with Crippen LogP contribution in [0.2, 0.25) is 0 Å². The first kappa shape index (κ1) is 11.3. The summed E-state index contributed by atoms with van der Waals surface area (Å²) >= 11 is 0. The second-order valence-electron chi connectivity index (χ2n) is 4.02. The molecule has 5 nitrogen and oxygen atoms in total. The van der Waals surface area contributed by atoms with Crippen LogP contribution >= 0.6 is 0 Å². The SMILES string of the molecule is Cc1ccc(N2CC(OS(C)(=O)=O)C2)nc1. The Bertz CT molecular complexity index is 463. The van der Waals surface area contributed by atoms with E-state index in [4.69, 9.17) is 4.18 Å². The van der Waals surface area contributed by atoms with E-state index in [9.17, 15) is 8.42 Å². The minimum absolute atomic E-state index is 0.238. The minimum Gasteiger partial charge on any atom is -0.351 e. The third kappa shape index (κ3) is 2.70. The average Bonchev–Trinajstić information content (AvgIpc) is 2.11. The zero-order chi connectivity index (χ0) is 11.8. The Hall–Kier alpha value is -1.14. The summed E-state index contributed by atoms with van der Waals surface area (Å²) < 4.78 is 26.6. The molecular formula is C10H14N2O3S. The van der Waals surface area contributed by atoms with Crippen LogP contribution in [-0.4, -0.2) is 38.9 Å². The summed E-state index contributed by atoms with van der Waals surface area (Å²) in [6.45, 7) is 3.12. The molecule has 0 atom stereocenters. The van der Waals surface area contributed by atoms with Crippen LogP contribution < -0.4 is 4.90 Å². The van der Waals surface area contributed by atoms with Crippen LogP contribution in [0.1, 0.15) is 5.56 Å². The lowest BCUT2D eigenvalue weighted by Gasteiger charge is -2.38. The highest BCUT2D eigenvalue weighted by Crippen LogP contribution is 2.21. The Morgan fingerprint density at radius 1 is 1.44 bits per heavy atom. The molecule has 0 aliphatic carbocycles. The van der Waals surface area contributed by atoms with Crippen LogP contribution in [0.5, 0.6) is 0 Å². The number of rotatable bonds is 3. The Morgan fingerprint density at radius 3 is 2.62 bits per heavy atom. The van der Waals surface area contributed by atoms with E-state index in [0.717, 1.165) is 17.6 Å². The molecule has 0 unspecified atom stereocenters. The van der Waals surface area contributed by atoms with E-state index < -0.39 is 10.1 Å². The third-order valence-corrected chi connectivity index (χ3v) is 3.00. The van der Waals surface area contributed by atoms with Gasteiger partial charge in [0.1, 0.15) is 11.9 Å². The quantitative estimate of drug-likeness (QED) is 0.725. The molecule has 2 rings (SSSR count). The second kappa shape index (κ2) is 4.03. The van der Waals surface area contributed by atoms with E-state index in [1.807, 2.05) is 24.0 Å². The van der Waals surface area contributed by atoms with Crippen LogP contribution in [0.3, 0.4) is 0 Å². The summed E-state index contributed by atoms with van der Waals surface area (Å²) in [6, 6.07) is 3.90. The molecule has 1 aliphatic rings. The Kier molecular flexibility index (Phi) is 2.86. The van der Waals surface area contributed by atoms with Crippen molar-refractivity contribution in [1.82, 2.24) is 4.98 Å². The molecule has 1 aliphatic heterocycles. The fraction of sp³-hybridized carbons (Fsp3) is 0.500. The lowest BCUT2D eigenvalue weighted by molar-refractivity contribution is 0.176. The molecule has 16 heavy (non-hydrogen) atoms. The Labute approximate surface area is 95.2 Å². The maximum atomic E-state index is 10.9.